The van der Waals surface area contributed by atoms with E-state index in [-0.39, 0.29) is 0 Å². The monoisotopic (exact) mass is 640 g/mol. The van der Waals surface area contributed by atoms with Gasteiger partial charge >= 0.3 is 0 Å². The van der Waals surface area contributed by atoms with Gasteiger partial charge in [0.2, 0.25) is 5.91 Å². The molecule has 0 radical (unpaired) electrons. The SMILES string of the molecule is CCC/C=C/CCCC(O)C(O)C(CO)NC(=O)C(O)CCCCCCCCCCCCCCCCCCCCCCCCC. The highest BCUT2D eigenvalue weighted by Crippen LogP contribution is 2.16. The Kier molecular flexibility index (Phi) is 33.7. The average molecular weight is 640 g/mol. The number of unbranched alkanes of at least 4 members (excludes halogenated alkanes) is 24. The highest BCUT2D eigenvalue weighted by atomic mass is 16.3. The number of carbonyl (C=O) groups is 1. The third-order valence-corrected chi connectivity index (χ3v) is 9.21. The maximum absolute atomic E-state index is 12.4. The summed E-state index contributed by atoms with van der Waals surface area (Å²) in [7, 11) is 0. The molecule has 6 heteroatoms. The molecule has 0 fully saturated rings. The summed E-state index contributed by atoms with van der Waals surface area (Å²) < 4.78 is 0. The lowest BCUT2D eigenvalue weighted by Crippen LogP contribution is -2.53. The zero-order valence-electron chi connectivity index (χ0n) is 29.9. The molecule has 0 aliphatic heterocycles. The van der Waals surface area contributed by atoms with E-state index in [1.165, 1.54) is 128 Å². The molecule has 45 heavy (non-hydrogen) atoms. The molecule has 0 aliphatic rings. The van der Waals surface area contributed by atoms with Crippen LogP contribution in [0, 0.1) is 0 Å². The van der Waals surface area contributed by atoms with Gasteiger partial charge in [-0.1, -0.05) is 180 Å². The van der Waals surface area contributed by atoms with Gasteiger partial charge in [0, 0.05) is 0 Å². The molecular weight excluding hydrogens is 562 g/mol. The second-order valence-electron chi connectivity index (χ2n) is 13.6. The second kappa shape index (κ2) is 34.4. The zero-order chi connectivity index (χ0) is 33.2. The van der Waals surface area contributed by atoms with Crippen molar-refractivity contribution >= 4 is 5.91 Å². The Labute approximate surface area is 279 Å². The summed E-state index contributed by atoms with van der Waals surface area (Å²) in [4.78, 5) is 12.4. The van der Waals surface area contributed by atoms with Crippen LogP contribution in [0.5, 0.6) is 0 Å². The van der Waals surface area contributed by atoms with Crippen molar-refractivity contribution in [1.82, 2.24) is 5.32 Å². The molecule has 6 nitrogen and oxygen atoms in total. The van der Waals surface area contributed by atoms with Gasteiger partial charge in [0.15, 0.2) is 0 Å². The topological polar surface area (TPSA) is 110 Å². The van der Waals surface area contributed by atoms with Crippen molar-refractivity contribution < 1.29 is 25.2 Å². The van der Waals surface area contributed by atoms with Crippen molar-refractivity contribution in [3.8, 4) is 0 Å². The average Bonchev–Trinajstić information content (AvgIpc) is 3.04. The molecule has 1 amide bonds. The lowest BCUT2D eigenvalue weighted by Gasteiger charge is -2.27. The summed E-state index contributed by atoms with van der Waals surface area (Å²) in [5.74, 6) is -0.596. The van der Waals surface area contributed by atoms with Gasteiger partial charge in [0.25, 0.3) is 0 Å². The molecule has 0 spiro atoms. The normalized spacial score (nSPS) is 14.5. The van der Waals surface area contributed by atoms with Crippen molar-refractivity contribution in [3.63, 3.8) is 0 Å². The number of carbonyl (C=O) groups excluding carboxylic acids is 1. The molecule has 0 aromatic heterocycles. The number of aliphatic hydroxyl groups excluding tert-OH is 4. The summed E-state index contributed by atoms with van der Waals surface area (Å²) in [5, 5.41) is 43.1. The molecule has 4 unspecified atom stereocenters. The van der Waals surface area contributed by atoms with E-state index < -0.39 is 36.9 Å². The second-order valence-corrected chi connectivity index (χ2v) is 13.6. The minimum absolute atomic E-state index is 0.367. The third kappa shape index (κ3) is 29.0. The van der Waals surface area contributed by atoms with Crippen LogP contribution >= 0.6 is 0 Å². The van der Waals surface area contributed by atoms with Gasteiger partial charge in [-0.05, 0) is 32.1 Å². The maximum Gasteiger partial charge on any atom is 0.249 e. The fraction of sp³-hybridized carbons (Fsp3) is 0.923. The molecule has 0 saturated heterocycles. The van der Waals surface area contributed by atoms with E-state index in [4.69, 9.17) is 0 Å². The summed E-state index contributed by atoms with van der Waals surface area (Å²) in [6.07, 6.45) is 35.7. The molecule has 0 heterocycles. The quantitative estimate of drug-likeness (QED) is 0.0350. The molecule has 0 aromatic rings. The number of aliphatic hydroxyl groups is 4. The zero-order valence-corrected chi connectivity index (χ0v) is 29.9. The first-order valence-corrected chi connectivity index (χ1v) is 19.6. The van der Waals surface area contributed by atoms with E-state index in [0.717, 1.165) is 38.5 Å². The minimum Gasteiger partial charge on any atom is -0.394 e. The van der Waals surface area contributed by atoms with Gasteiger partial charge in [-0.15, -0.1) is 0 Å². The highest BCUT2D eigenvalue weighted by molar-refractivity contribution is 5.80. The number of nitrogens with one attached hydrogen (secondary N) is 1. The Morgan fingerprint density at radius 2 is 0.933 bits per heavy atom. The first kappa shape index (κ1) is 44.0. The van der Waals surface area contributed by atoms with E-state index in [1.54, 1.807) is 0 Å². The van der Waals surface area contributed by atoms with Crippen molar-refractivity contribution in [2.75, 3.05) is 6.61 Å². The van der Waals surface area contributed by atoms with Crippen LogP contribution in [0.25, 0.3) is 0 Å². The molecular formula is C39H77NO5. The van der Waals surface area contributed by atoms with Gasteiger partial charge in [0.05, 0.1) is 18.8 Å². The molecule has 5 N–H and O–H groups in total. The standard InChI is InChI=1S/C39H77NO5/c1-3-5-7-9-11-12-13-14-15-16-17-18-19-20-21-22-23-24-25-26-27-29-31-33-37(43)39(45)40-35(34-41)38(44)36(42)32-30-28-10-8-6-4-2/h8,10,35-38,41-44H,3-7,9,11-34H2,1-2H3,(H,40,45)/b10-8+. The van der Waals surface area contributed by atoms with E-state index >= 15 is 0 Å². The van der Waals surface area contributed by atoms with Crippen LogP contribution in [0.15, 0.2) is 12.2 Å². The van der Waals surface area contributed by atoms with Crippen molar-refractivity contribution in [2.24, 2.45) is 0 Å². The Hall–Kier alpha value is -0.950. The molecule has 0 rings (SSSR count). The van der Waals surface area contributed by atoms with Crippen molar-refractivity contribution in [3.05, 3.63) is 12.2 Å². The predicted octanol–water partition coefficient (Wildman–Crippen LogP) is 9.46. The van der Waals surface area contributed by atoms with Gasteiger partial charge in [-0.2, -0.15) is 0 Å². The fourth-order valence-corrected chi connectivity index (χ4v) is 6.06. The number of allylic oxidation sites excluding steroid dienone is 2. The number of rotatable bonds is 35. The van der Waals surface area contributed by atoms with E-state index in [0.29, 0.717) is 19.3 Å². The lowest BCUT2D eigenvalue weighted by atomic mass is 10.00. The Morgan fingerprint density at radius 1 is 0.533 bits per heavy atom. The number of amides is 1. The molecule has 0 saturated carbocycles. The third-order valence-electron chi connectivity index (χ3n) is 9.21. The lowest BCUT2D eigenvalue weighted by molar-refractivity contribution is -0.132. The van der Waals surface area contributed by atoms with Gasteiger partial charge in [0.1, 0.15) is 12.2 Å². The molecule has 0 aliphatic carbocycles. The van der Waals surface area contributed by atoms with Crippen LogP contribution < -0.4 is 5.32 Å². The summed E-state index contributed by atoms with van der Waals surface area (Å²) in [6, 6.07) is -0.993. The van der Waals surface area contributed by atoms with Gasteiger partial charge in [-0.25, -0.2) is 0 Å². The Morgan fingerprint density at radius 3 is 1.33 bits per heavy atom. The smallest absolute Gasteiger partial charge is 0.249 e. The fourth-order valence-electron chi connectivity index (χ4n) is 6.06. The molecule has 4 atom stereocenters. The van der Waals surface area contributed by atoms with Crippen LogP contribution in [0.3, 0.4) is 0 Å². The van der Waals surface area contributed by atoms with E-state index in [9.17, 15) is 25.2 Å². The van der Waals surface area contributed by atoms with Crippen LogP contribution in [-0.4, -0.2) is 57.3 Å². The van der Waals surface area contributed by atoms with Gasteiger partial charge in [-0.3, -0.25) is 4.79 Å². The summed E-state index contributed by atoms with van der Waals surface area (Å²) in [5.41, 5.74) is 0. The van der Waals surface area contributed by atoms with Crippen LogP contribution in [0.4, 0.5) is 0 Å². The van der Waals surface area contributed by atoms with E-state index in [1.807, 2.05) is 0 Å². The van der Waals surface area contributed by atoms with Crippen molar-refractivity contribution in [1.29, 1.82) is 0 Å². The first-order chi connectivity index (χ1) is 22.0. The van der Waals surface area contributed by atoms with Crippen LogP contribution in [0.1, 0.15) is 200 Å². The van der Waals surface area contributed by atoms with Crippen molar-refractivity contribution in [2.45, 2.75) is 224 Å². The summed E-state index contributed by atoms with van der Waals surface area (Å²) in [6.45, 7) is 3.91. The molecule has 0 aromatic carbocycles. The van der Waals surface area contributed by atoms with Crippen LogP contribution in [0.2, 0.25) is 0 Å². The number of hydrogen-bond donors (Lipinski definition) is 5. The first-order valence-electron chi connectivity index (χ1n) is 19.6. The minimum atomic E-state index is -1.27. The maximum atomic E-state index is 12.4. The number of hydrogen-bond acceptors (Lipinski definition) is 5. The Bertz CT molecular complexity index is 643. The highest BCUT2D eigenvalue weighted by Gasteiger charge is 2.28. The molecule has 0 bridgehead atoms. The summed E-state index contributed by atoms with van der Waals surface area (Å²) >= 11 is 0. The molecule has 268 valence electrons. The van der Waals surface area contributed by atoms with E-state index in [2.05, 4.69) is 31.3 Å². The van der Waals surface area contributed by atoms with Gasteiger partial charge < -0.3 is 25.7 Å². The predicted molar refractivity (Wildman–Crippen MR) is 191 cm³/mol. The largest absolute Gasteiger partial charge is 0.394 e. The Balaban J connectivity index is 3.60. The van der Waals surface area contributed by atoms with Crippen LogP contribution in [-0.2, 0) is 4.79 Å².